The third-order valence-corrected chi connectivity index (χ3v) is 5.94. The van der Waals surface area contributed by atoms with Crippen LogP contribution >= 0.6 is 24.0 Å². The number of aryl methyl sites for hydroxylation is 1. The van der Waals surface area contributed by atoms with Gasteiger partial charge in [-0.1, -0.05) is 24.3 Å². The summed E-state index contributed by atoms with van der Waals surface area (Å²) in [6.45, 7) is 4.19. The lowest BCUT2D eigenvalue weighted by Crippen LogP contribution is -2.40. The van der Waals surface area contributed by atoms with Crippen molar-refractivity contribution in [1.29, 1.82) is 0 Å². The van der Waals surface area contributed by atoms with E-state index in [0.717, 1.165) is 51.5 Å². The van der Waals surface area contributed by atoms with Crippen molar-refractivity contribution in [2.24, 2.45) is 12.0 Å². The van der Waals surface area contributed by atoms with Crippen LogP contribution in [0.15, 0.2) is 41.7 Å². The van der Waals surface area contributed by atoms with E-state index in [0.29, 0.717) is 12.3 Å². The van der Waals surface area contributed by atoms with Gasteiger partial charge in [-0.2, -0.15) is 5.10 Å². The molecule has 1 fully saturated rings. The molecular weight excluding hydrogens is 491 g/mol. The standard InChI is InChI=1S/C22H30N6O.HI/c1-23-22(27-11-9-19(14-27)20-12-25-26(2)13-20)24-10-5-8-21(29)28-15-17-6-3-4-7-18(17)16-28;/h3-4,6-7,12-13,19H,5,8-11,14-16H2,1-2H3,(H,23,24);1H. The van der Waals surface area contributed by atoms with Gasteiger partial charge in [0, 0.05) is 65.4 Å². The molecule has 0 saturated carbocycles. The van der Waals surface area contributed by atoms with Gasteiger partial charge in [0.05, 0.1) is 6.20 Å². The summed E-state index contributed by atoms with van der Waals surface area (Å²) in [6.07, 6.45) is 6.56. The van der Waals surface area contributed by atoms with Crippen molar-refractivity contribution in [3.05, 3.63) is 53.3 Å². The molecule has 2 aliphatic heterocycles. The van der Waals surface area contributed by atoms with Gasteiger partial charge in [-0.15, -0.1) is 24.0 Å². The predicted octanol–water partition coefficient (Wildman–Crippen LogP) is 2.73. The van der Waals surface area contributed by atoms with Crippen LogP contribution in [0.25, 0.3) is 0 Å². The summed E-state index contributed by atoms with van der Waals surface area (Å²) in [5, 5.41) is 7.73. The first-order chi connectivity index (χ1) is 14.1. The highest BCUT2D eigenvalue weighted by Crippen LogP contribution is 2.26. The van der Waals surface area contributed by atoms with Crippen LogP contribution in [-0.2, 0) is 24.9 Å². The Morgan fingerprint density at radius 2 is 1.97 bits per heavy atom. The Morgan fingerprint density at radius 3 is 2.60 bits per heavy atom. The second-order valence-corrected chi connectivity index (χ2v) is 7.98. The Bertz CT molecular complexity index is 870. The topological polar surface area (TPSA) is 65.8 Å². The minimum Gasteiger partial charge on any atom is -0.356 e. The van der Waals surface area contributed by atoms with Crippen molar-refractivity contribution in [2.75, 3.05) is 26.7 Å². The number of benzene rings is 1. The van der Waals surface area contributed by atoms with E-state index in [1.54, 1.807) is 0 Å². The molecule has 0 aliphatic carbocycles. The lowest BCUT2D eigenvalue weighted by Gasteiger charge is -2.22. The average molecular weight is 522 g/mol. The molecule has 1 saturated heterocycles. The summed E-state index contributed by atoms with van der Waals surface area (Å²) in [4.78, 5) is 21.2. The van der Waals surface area contributed by atoms with Crippen molar-refractivity contribution >= 4 is 35.8 Å². The molecule has 1 N–H and O–H groups in total. The highest BCUT2D eigenvalue weighted by molar-refractivity contribution is 14.0. The summed E-state index contributed by atoms with van der Waals surface area (Å²) >= 11 is 0. The molecule has 4 rings (SSSR count). The van der Waals surface area contributed by atoms with Gasteiger partial charge in [-0.05, 0) is 29.5 Å². The van der Waals surface area contributed by atoms with Crippen molar-refractivity contribution in [3.63, 3.8) is 0 Å². The number of aromatic nitrogens is 2. The van der Waals surface area contributed by atoms with Crippen LogP contribution in [0.5, 0.6) is 0 Å². The number of halogens is 1. The number of carbonyl (C=O) groups excluding carboxylic acids is 1. The molecule has 2 aromatic rings. The second kappa shape index (κ2) is 10.3. The number of nitrogens with zero attached hydrogens (tertiary/aromatic N) is 5. The smallest absolute Gasteiger partial charge is 0.223 e. The zero-order chi connectivity index (χ0) is 20.2. The fourth-order valence-corrected chi connectivity index (χ4v) is 4.32. The van der Waals surface area contributed by atoms with Gasteiger partial charge in [0.15, 0.2) is 5.96 Å². The number of carbonyl (C=O) groups is 1. The molecule has 1 aromatic heterocycles. The van der Waals surface area contributed by atoms with Gasteiger partial charge in [-0.3, -0.25) is 14.5 Å². The van der Waals surface area contributed by atoms with Crippen LogP contribution in [0.4, 0.5) is 0 Å². The molecule has 1 unspecified atom stereocenters. The molecule has 3 heterocycles. The molecule has 2 aliphatic rings. The molecule has 1 amide bonds. The van der Waals surface area contributed by atoms with E-state index in [1.807, 2.05) is 42.0 Å². The van der Waals surface area contributed by atoms with Crippen LogP contribution in [0.2, 0.25) is 0 Å². The first kappa shape index (κ1) is 22.6. The largest absolute Gasteiger partial charge is 0.356 e. The highest BCUT2D eigenvalue weighted by Gasteiger charge is 2.27. The zero-order valence-electron chi connectivity index (χ0n) is 17.8. The molecule has 0 spiro atoms. The predicted molar refractivity (Wildman–Crippen MR) is 129 cm³/mol. The number of hydrogen-bond acceptors (Lipinski definition) is 3. The Hall–Kier alpha value is -2.10. The highest BCUT2D eigenvalue weighted by atomic mass is 127. The molecule has 8 heteroatoms. The maximum absolute atomic E-state index is 12.5. The van der Waals surface area contributed by atoms with E-state index in [9.17, 15) is 4.79 Å². The zero-order valence-corrected chi connectivity index (χ0v) is 20.1. The normalized spacial score (nSPS) is 18.3. The average Bonchev–Trinajstić information content (AvgIpc) is 3.46. The van der Waals surface area contributed by atoms with Gasteiger partial charge >= 0.3 is 0 Å². The lowest BCUT2D eigenvalue weighted by molar-refractivity contribution is -0.131. The van der Waals surface area contributed by atoms with E-state index >= 15 is 0 Å². The van der Waals surface area contributed by atoms with Crippen molar-refractivity contribution in [1.82, 2.24) is 24.9 Å². The summed E-state index contributed by atoms with van der Waals surface area (Å²) in [5.41, 5.74) is 3.84. The third kappa shape index (κ3) is 5.14. The van der Waals surface area contributed by atoms with Crippen molar-refractivity contribution in [2.45, 2.75) is 38.3 Å². The number of likely N-dealkylation sites (tertiary alicyclic amines) is 1. The lowest BCUT2D eigenvalue weighted by atomic mass is 10.0. The number of fused-ring (bicyclic) bond motifs is 1. The van der Waals surface area contributed by atoms with Crippen LogP contribution in [-0.4, -0.2) is 58.1 Å². The number of rotatable bonds is 5. The van der Waals surface area contributed by atoms with Crippen molar-refractivity contribution in [3.8, 4) is 0 Å². The minimum atomic E-state index is 0. The summed E-state index contributed by atoms with van der Waals surface area (Å²) in [7, 11) is 3.78. The van der Waals surface area contributed by atoms with Crippen LogP contribution in [0, 0.1) is 0 Å². The molecule has 7 nitrogen and oxygen atoms in total. The van der Waals surface area contributed by atoms with Gasteiger partial charge in [0.1, 0.15) is 0 Å². The molecule has 1 aromatic carbocycles. The van der Waals surface area contributed by atoms with E-state index in [1.165, 1.54) is 16.7 Å². The number of hydrogen-bond donors (Lipinski definition) is 1. The van der Waals surface area contributed by atoms with Crippen LogP contribution < -0.4 is 5.32 Å². The maximum atomic E-state index is 12.5. The van der Waals surface area contributed by atoms with Gasteiger partial charge in [0.2, 0.25) is 5.91 Å². The monoisotopic (exact) mass is 522 g/mol. The third-order valence-electron chi connectivity index (χ3n) is 5.94. The molecule has 30 heavy (non-hydrogen) atoms. The molecule has 162 valence electrons. The second-order valence-electron chi connectivity index (χ2n) is 7.98. The molecule has 0 bridgehead atoms. The molecule has 0 radical (unpaired) electrons. The summed E-state index contributed by atoms with van der Waals surface area (Å²) < 4.78 is 1.86. The Balaban J connectivity index is 0.00000256. The number of amides is 1. The Morgan fingerprint density at radius 1 is 1.23 bits per heavy atom. The number of aliphatic imine (C=N–C) groups is 1. The van der Waals surface area contributed by atoms with Gasteiger partial charge < -0.3 is 15.1 Å². The fourth-order valence-electron chi connectivity index (χ4n) is 4.32. The first-order valence-corrected chi connectivity index (χ1v) is 10.4. The SMILES string of the molecule is CN=C(NCCCC(=O)N1Cc2ccccc2C1)N1CCC(c2cnn(C)c2)C1.I. The van der Waals surface area contributed by atoms with Gasteiger partial charge in [0.25, 0.3) is 0 Å². The van der Waals surface area contributed by atoms with Gasteiger partial charge in [-0.25, -0.2) is 0 Å². The van der Waals surface area contributed by atoms with E-state index in [2.05, 4.69) is 38.6 Å². The van der Waals surface area contributed by atoms with Crippen LogP contribution in [0.3, 0.4) is 0 Å². The minimum absolute atomic E-state index is 0. The van der Waals surface area contributed by atoms with E-state index < -0.39 is 0 Å². The molecular formula is C22H31IN6O. The number of guanidine groups is 1. The summed E-state index contributed by atoms with van der Waals surface area (Å²) in [6, 6.07) is 8.31. The quantitative estimate of drug-likeness (QED) is 0.284. The van der Waals surface area contributed by atoms with E-state index in [-0.39, 0.29) is 29.9 Å². The first-order valence-electron chi connectivity index (χ1n) is 10.4. The van der Waals surface area contributed by atoms with E-state index in [4.69, 9.17) is 0 Å². The number of nitrogens with one attached hydrogen (secondary N) is 1. The molecule has 1 atom stereocenters. The summed E-state index contributed by atoms with van der Waals surface area (Å²) in [5.74, 6) is 1.66. The van der Waals surface area contributed by atoms with Crippen molar-refractivity contribution < 1.29 is 4.79 Å². The van der Waals surface area contributed by atoms with Crippen LogP contribution in [0.1, 0.15) is 41.9 Å². The Labute approximate surface area is 195 Å². The Kier molecular flexibility index (Phi) is 7.74. The fraction of sp³-hybridized carbons (Fsp3) is 0.500. The maximum Gasteiger partial charge on any atom is 0.223 e.